The molecule has 3 unspecified atom stereocenters. The van der Waals surface area contributed by atoms with Crippen molar-refractivity contribution in [3.8, 4) is 0 Å². The predicted octanol–water partition coefficient (Wildman–Crippen LogP) is 4.19. The molecule has 0 aliphatic heterocycles. The summed E-state index contributed by atoms with van der Waals surface area (Å²) in [4.78, 5) is 1.64. The Labute approximate surface area is 110 Å². The number of rotatable bonds is 5. The van der Waals surface area contributed by atoms with Gasteiger partial charge in [-0.1, -0.05) is 20.3 Å². The molecule has 0 spiro atoms. The first-order valence-corrected chi connectivity index (χ1v) is 7.87. The number of thiophene rings is 1. The van der Waals surface area contributed by atoms with Gasteiger partial charge >= 0.3 is 0 Å². The van der Waals surface area contributed by atoms with Crippen molar-refractivity contribution in [2.24, 2.45) is 5.92 Å². The van der Waals surface area contributed by atoms with Crippen molar-refractivity contribution in [3.05, 3.63) is 21.9 Å². The van der Waals surface area contributed by atoms with Gasteiger partial charge in [-0.25, -0.2) is 0 Å². The van der Waals surface area contributed by atoms with Gasteiger partial charge in [-0.3, -0.25) is 0 Å². The summed E-state index contributed by atoms with van der Waals surface area (Å²) in [7, 11) is 2.13. The molecule has 1 nitrogen and oxygen atoms in total. The summed E-state index contributed by atoms with van der Waals surface area (Å²) < 4.78 is 0. The van der Waals surface area contributed by atoms with Crippen molar-refractivity contribution in [1.29, 1.82) is 0 Å². The largest absolute Gasteiger partial charge is 0.316 e. The van der Waals surface area contributed by atoms with E-state index < -0.39 is 0 Å². The van der Waals surface area contributed by atoms with Crippen LogP contribution in [0.3, 0.4) is 0 Å². The van der Waals surface area contributed by atoms with Crippen molar-refractivity contribution in [3.63, 3.8) is 0 Å². The minimum absolute atomic E-state index is 0.665. The normalized spacial score (nSPS) is 23.1. The Balaban J connectivity index is 2.11. The van der Waals surface area contributed by atoms with Crippen LogP contribution in [0.5, 0.6) is 0 Å². The van der Waals surface area contributed by atoms with Crippen LogP contribution in [0.25, 0.3) is 0 Å². The SMILES string of the molecule is CCC(C)CC(NC)C1CCCc2sccc21. The fraction of sp³-hybridized carbons (Fsp3) is 0.733. The second-order valence-electron chi connectivity index (χ2n) is 5.44. The number of hydrogen-bond acceptors (Lipinski definition) is 2. The van der Waals surface area contributed by atoms with Crippen LogP contribution in [0.2, 0.25) is 0 Å². The van der Waals surface area contributed by atoms with E-state index in [1.807, 2.05) is 11.3 Å². The van der Waals surface area contributed by atoms with E-state index >= 15 is 0 Å². The number of aryl methyl sites for hydroxylation is 1. The number of fused-ring (bicyclic) bond motifs is 1. The van der Waals surface area contributed by atoms with Crippen LogP contribution >= 0.6 is 11.3 Å². The number of hydrogen-bond donors (Lipinski definition) is 1. The van der Waals surface area contributed by atoms with Crippen molar-refractivity contribution < 1.29 is 0 Å². The quantitative estimate of drug-likeness (QED) is 0.827. The van der Waals surface area contributed by atoms with Crippen molar-refractivity contribution in [1.82, 2.24) is 5.32 Å². The molecular formula is C15H25NS. The highest BCUT2D eigenvalue weighted by atomic mass is 32.1. The lowest BCUT2D eigenvalue weighted by molar-refractivity contribution is 0.342. The third kappa shape index (κ3) is 2.92. The first-order chi connectivity index (χ1) is 8.26. The molecule has 3 atom stereocenters. The van der Waals surface area contributed by atoms with Crippen LogP contribution in [0.15, 0.2) is 11.4 Å². The molecule has 1 N–H and O–H groups in total. The molecular weight excluding hydrogens is 226 g/mol. The molecule has 0 saturated heterocycles. The molecule has 17 heavy (non-hydrogen) atoms. The summed E-state index contributed by atoms with van der Waals surface area (Å²) in [6.07, 6.45) is 6.65. The third-order valence-corrected chi connectivity index (χ3v) is 5.30. The fourth-order valence-corrected chi connectivity index (χ4v) is 4.02. The molecule has 2 rings (SSSR count). The lowest BCUT2D eigenvalue weighted by Gasteiger charge is -2.32. The summed E-state index contributed by atoms with van der Waals surface area (Å²) in [5.41, 5.74) is 1.64. The van der Waals surface area contributed by atoms with Crippen LogP contribution in [0.4, 0.5) is 0 Å². The van der Waals surface area contributed by atoms with Crippen LogP contribution in [0.1, 0.15) is 55.9 Å². The summed E-state index contributed by atoms with van der Waals surface area (Å²) >= 11 is 1.95. The lowest BCUT2D eigenvalue weighted by Crippen LogP contribution is -2.35. The zero-order valence-corrected chi connectivity index (χ0v) is 12.1. The molecule has 2 heteroatoms. The summed E-state index contributed by atoms with van der Waals surface area (Å²) in [5.74, 6) is 1.58. The van der Waals surface area contributed by atoms with E-state index in [1.165, 1.54) is 32.1 Å². The Morgan fingerprint density at radius 3 is 3.06 bits per heavy atom. The van der Waals surface area contributed by atoms with Gasteiger partial charge < -0.3 is 5.32 Å². The van der Waals surface area contributed by atoms with Gasteiger partial charge in [0.2, 0.25) is 0 Å². The molecule has 96 valence electrons. The van der Waals surface area contributed by atoms with Gasteiger partial charge in [0.15, 0.2) is 0 Å². The zero-order valence-electron chi connectivity index (χ0n) is 11.3. The van der Waals surface area contributed by atoms with Crippen LogP contribution in [0, 0.1) is 5.92 Å². The molecule has 1 heterocycles. The first-order valence-electron chi connectivity index (χ1n) is 6.99. The van der Waals surface area contributed by atoms with Crippen LogP contribution in [-0.2, 0) is 6.42 Å². The summed E-state index contributed by atoms with van der Waals surface area (Å²) in [6, 6.07) is 3.03. The van der Waals surface area contributed by atoms with E-state index in [1.54, 1.807) is 10.4 Å². The molecule has 0 radical (unpaired) electrons. The molecule has 0 amide bonds. The molecule has 1 aliphatic carbocycles. The average molecular weight is 251 g/mol. The zero-order chi connectivity index (χ0) is 12.3. The molecule has 1 aromatic rings. The highest BCUT2D eigenvalue weighted by Gasteiger charge is 2.28. The molecule has 0 bridgehead atoms. The highest BCUT2D eigenvalue weighted by Crippen LogP contribution is 2.38. The van der Waals surface area contributed by atoms with E-state index in [-0.39, 0.29) is 0 Å². The van der Waals surface area contributed by atoms with Crippen LogP contribution < -0.4 is 5.32 Å². The van der Waals surface area contributed by atoms with Gasteiger partial charge in [0, 0.05) is 16.8 Å². The van der Waals surface area contributed by atoms with Gasteiger partial charge in [-0.15, -0.1) is 11.3 Å². The van der Waals surface area contributed by atoms with Gasteiger partial charge in [0.1, 0.15) is 0 Å². The topological polar surface area (TPSA) is 12.0 Å². The average Bonchev–Trinajstić information content (AvgIpc) is 2.83. The van der Waals surface area contributed by atoms with Gasteiger partial charge in [-0.2, -0.15) is 0 Å². The van der Waals surface area contributed by atoms with Crippen molar-refractivity contribution in [2.45, 2.75) is 57.9 Å². The first kappa shape index (κ1) is 13.1. The van der Waals surface area contributed by atoms with Crippen LogP contribution in [-0.4, -0.2) is 13.1 Å². The minimum atomic E-state index is 0.665. The van der Waals surface area contributed by atoms with E-state index in [9.17, 15) is 0 Å². The Morgan fingerprint density at radius 1 is 1.53 bits per heavy atom. The maximum atomic E-state index is 3.57. The van der Waals surface area contributed by atoms with E-state index in [0.717, 1.165) is 11.8 Å². The fourth-order valence-electron chi connectivity index (χ4n) is 3.02. The monoisotopic (exact) mass is 251 g/mol. The van der Waals surface area contributed by atoms with Gasteiger partial charge in [0.25, 0.3) is 0 Å². The highest BCUT2D eigenvalue weighted by molar-refractivity contribution is 7.10. The second kappa shape index (κ2) is 6.01. The standard InChI is InChI=1S/C15H25NS/c1-4-11(2)10-14(16-3)12-6-5-7-15-13(12)8-9-17-15/h8-9,11-12,14,16H,4-7,10H2,1-3H3. The molecule has 0 saturated carbocycles. The third-order valence-electron chi connectivity index (χ3n) is 4.31. The van der Waals surface area contributed by atoms with E-state index in [2.05, 4.69) is 37.7 Å². The molecule has 1 aliphatic rings. The Kier molecular flexibility index (Phi) is 4.63. The maximum absolute atomic E-state index is 3.57. The lowest BCUT2D eigenvalue weighted by atomic mass is 9.79. The Morgan fingerprint density at radius 2 is 2.35 bits per heavy atom. The van der Waals surface area contributed by atoms with Gasteiger partial charge in [0.05, 0.1) is 0 Å². The Hall–Kier alpha value is -0.340. The predicted molar refractivity (Wildman–Crippen MR) is 76.9 cm³/mol. The van der Waals surface area contributed by atoms with Crippen molar-refractivity contribution >= 4 is 11.3 Å². The Bertz CT molecular complexity index is 344. The van der Waals surface area contributed by atoms with Crippen molar-refractivity contribution in [2.75, 3.05) is 7.05 Å². The second-order valence-corrected chi connectivity index (χ2v) is 6.44. The molecule has 0 aromatic carbocycles. The maximum Gasteiger partial charge on any atom is 0.0136 e. The van der Waals surface area contributed by atoms with E-state index in [0.29, 0.717) is 6.04 Å². The number of likely N-dealkylation sites (N-methyl/N-ethyl adjacent to an activating group) is 1. The molecule has 0 fully saturated rings. The molecule has 1 aromatic heterocycles. The number of nitrogens with one attached hydrogen (secondary N) is 1. The minimum Gasteiger partial charge on any atom is -0.316 e. The summed E-state index contributed by atoms with van der Waals surface area (Å²) in [5, 5.41) is 5.85. The van der Waals surface area contributed by atoms with E-state index in [4.69, 9.17) is 0 Å². The summed E-state index contributed by atoms with van der Waals surface area (Å²) in [6.45, 7) is 4.68. The van der Waals surface area contributed by atoms with Gasteiger partial charge in [-0.05, 0) is 55.7 Å². The smallest absolute Gasteiger partial charge is 0.0136 e.